The summed E-state index contributed by atoms with van der Waals surface area (Å²) in [6, 6.07) is 2.09. The van der Waals surface area contributed by atoms with Crippen molar-refractivity contribution in [2.75, 3.05) is 0 Å². The molecule has 0 amide bonds. The fourth-order valence-electron chi connectivity index (χ4n) is 1.04. The van der Waals surface area contributed by atoms with E-state index >= 15 is 0 Å². The molecule has 0 bridgehead atoms. The van der Waals surface area contributed by atoms with Gasteiger partial charge < -0.3 is 0 Å². The molecule has 0 spiro atoms. The Balaban J connectivity index is 2.48. The van der Waals surface area contributed by atoms with E-state index in [1.807, 2.05) is 30.9 Å². The highest BCUT2D eigenvalue weighted by molar-refractivity contribution is 7.13. The minimum absolute atomic E-state index is 1.03. The molecule has 0 aliphatic carbocycles. The van der Waals surface area contributed by atoms with E-state index in [9.17, 15) is 0 Å². The highest BCUT2D eigenvalue weighted by atomic mass is 32.1. The molecule has 0 N–H and O–H groups in total. The molecular formula is C9H8N2S. The molecule has 0 atom stereocenters. The zero-order chi connectivity index (χ0) is 8.39. The summed E-state index contributed by atoms with van der Waals surface area (Å²) in [7, 11) is 0. The van der Waals surface area contributed by atoms with Gasteiger partial charge in [-0.2, -0.15) is 0 Å². The van der Waals surface area contributed by atoms with Crippen molar-refractivity contribution in [2.45, 2.75) is 6.92 Å². The predicted molar refractivity (Wildman–Crippen MR) is 50.1 cm³/mol. The third-order valence-corrected chi connectivity index (χ3v) is 2.38. The van der Waals surface area contributed by atoms with E-state index in [0.717, 1.165) is 10.6 Å². The summed E-state index contributed by atoms with van der Waals surface area (Å²) in [6.07, 6.45) is 5.49. The number of rotatable bonds is 1. The molecule has 3 heteroatoms. The van der Waals surface area contributed by atoms with E-state index in [1.54, 1.807) is 11.3 Å². The Hall–Kier alpha value is -1.22. The van der Waals surface area contributed by atoms with Crippen molar-refractivity contribution in [1.29, 1.82) is 0 Å². The maximum absolute atomic E-state index is 4.21. The van der Waals surface area contributed by atoms with Gasteiger partial charge in [0.2, 0.25) is 0 Å². The zero-order valence-corrected chi connectivity index (χ0v) is 7.51. The van der Waals surface area contributed by atoms with Gasteiger partial charge in [0, 0.05) is 29.5 Å². The van der Waals surface area contributed by atoms with Crippen molar-refractivity contribution in [3.8, 4) is 10.6 Å². The van der Waals surface area contributed by atoms with Crippen molar-refractivity contribution in [1.82, 2.24) is 9.97 Å². The molecule has 0 saturated carbocycles. The molecule has 0 fully saturated rings. The fourth-order valence-corrected chi connectivity index (χ4v) is 1.66. The minimum Gasteiger partial charge on any atom is -0.264 e. The molecule has 2 rings (SSSR count). The zero-order valence-electron chi connectivity index (χ0n) is 6.69. The first-order valence-corrected chi connectivity index (χ1v) is 4.56. The van der Waals surface area contributed by atoms with Gasteiger partial charge in [-0.15, -0.1) is 11.3 Å². The van der Waals surface area contributed by atoms with E-state index in [-0.39, 0.29) is 0 Å². The van der Waals surface area contributed by atoms with Crippen molar-refractivity contribution in [2.24, 2.45) is 0 Å². The lowest BCUT2D eigenvalue weighted by atomic mass is 10.2. The lowest BCUT2D eigenvalue weighted by Gasteiger charge is -1.95. The van der Waals surface area contributed by atoms with E-state index in [0.29, 0.717) is 0 Å². The van der Waals surface area contributed by atoms with Crippen molar-refractivity contribution in [3.63, 3.8) is 0 Å². The van der Waals surface area contributed by atoms with Crippen LogP contribution in [0.25, 0.3) is 10.6 Å². The van der Waals surface area contributed by atoms with Gasteiger partial charge in [0.1, 0.15) is 5.01 Å². The van der Waals surface area contributed by atoms with Crippen LogP contribution in [0.2, 0.25) is 0 Å². The van der Waals surface area contributed by atoms with Gasteiger partial charge in [-0.3, -0.25) is 4.98 Å². The Kier molecular flexibility index (Phi) is 1.87. The Bertz CT molecular complexity index is 368. The number of pyridine rings is 1. The maximum Gasteiger partial charge on any atom is 0.124 e. The number of nitrogens with zero attached hydrogens (tertiary/aromatic N) is 2. The lowest BCUT2D eigenvalue weighted by Crippen LogP contribution is -1.80. The van der Waals surface area contributed by atoms with Crippen molar-refractivity contribution >= 4 is 11.3 Å². The summed E-state index contributed by atoms with van der Waals surface area (Å²) in [5.41, 5.74) is 2.27. The molecule has 0 aliphatic heterocycles. The van der Waals surface area contributed by atoms with E-state index in [2.05, 4.69) is 16.0 Å². The molecule has 0 radical (unpaired) electrons. The van der Waals surface area contributed by atoms with E-state index in [1.165, 1.54) is 5.56 Å². The maximum atomic E-state index is 4.21. The SMILES string of the molecule is Cc1cncc(-c2nccs2)c1. The standard InChI is InChI=1S/C9H8N2S/c1-7-4-8(6-10-5-7)9-11-2-3-12-9/h2-6H,1H3. The molecule has 2 aromatic heterocycles. The first-order valence-electron chi connectivity index (χ1n) is 3.68. The molecule has 12 heavy (non-hydrogen) atoms. The van der Waals surface area contributed by atoms with Gasteiger partial charge in [-0.05, 0) is 18.6 Å². The first kappa shape index (κ1) is 7.43. The second-order valence-corrected chi connectivity index (χ2v) is 3.48. The van der Waals surface area contributed by atoms with Crippen LogP contribution in [0.3, 0.4) is 0 Å². The normalized spacial score (nSPS) is 10.1. The highest BCUT2D eigenvalue weighted by Gasteiger charge is 1.99. The summed E-state index contributed by atoms with van der Waals surface area (Å²) in [4.78, 5) is 8.31. The Morgan fingerprint density at radius 3 is 2.92 bits per heavy atom. The van der Waals surface area contributed by atoms with Crippen LogP contribution in [0.15, 0.2) is 30.0 Å². The summed E-state index contributed by atoms with van der Waals surface area (Å²) >= 11 is 1.63. The van der Waals surface area contributed by atoms with Crippen molar-refractivity contribution in [3.05, 3.63) is 35.6 Å². The quantitative estimate of drug-likeness (QED) is 0.667. The summed E-state index contributed by atoms with van der Waals surface area (Å²) < 4.78 is 0. The lowest BCUT2D eigenvalue weighted by molar-refractivity contribution is 1.26. The van der Waals surface area contributed by atoms with Gasteiger partial charge in [0.25, 0.3) is 0 Å². The average molecular weight is 176 g/mol. The van der Waals surface area contributed by atoms with E-state index < -0.39 is 0 Å². The number of aromatic nitrogens is 2. The summed E-state index contributed by atoms with van der Waals surface area (Å²) in [6.45, 7) is 2.03. The second kappa shape index (κ2) is 3.03. The average Bonchev–Trinajstić information content (AvgIpc) is 2.56. The van der Waals surface area contributed by atoms with Crippen LogP contribution in [0.1, 0.15) is 5.56 Å². The molecule has 2 aromatic rings. The summed E-state index contributed by atoms with van der Waals surface area (Å²) in [5, 5.41) is 3.00. The van der Waals surface area contributed by atoms with Crippen LogP contribution < -0.4 is 0 Å². The third kappa shape index (κ3) is 1.36. The minimum atomic E-state index is 1.03. The van der Waals surface area contributed by atoms with Crippen molar-refractivity contribution < 1.29 is 0 Å². The molecule has 0 aromatic carbocycles. The number of aryl methyl sites for hydroxylation is 1. The van der Waals surface area contributed by atoms with Crippen LogP contribution in [-0.4, -0.2) is 9.97 Å². The van der Waals surface area contributed by atoms with Crippen LogP contribution >= 0.6 is 11.3 Å². The molecule has 2 nitrogen and oxygen atoms in total. The Morgan fingerprint density at radius 1 is 1.33 bits per heavy atom. The van der Waals surface area contributed by atoms with Gasteiger partial charge in [-0.1, -0.05) is 0 Å². The third-order valence-electron chi connectivity index (χ3n) is 1.55. The van der Waals surface area contributed by atoms with Crippen LogP contribution in [0, 0.1) is 6.92 Å². The van der Waals surface area contributed by atoms with E-state index in [4.69, 9.17) is 0 Å². The topological polar surface area (TPSA) is 25.8 Å². The van der Waals surface area contributed by atoms with Crippen LogP contribution in [0.5, 0.6) is 0 Å². The van der Waals surface area contributed by atoms with Gasteiger partial charge in [-0.25, -0.2) is 4.98 Å². The second-order valence-electron chi connectivity index (χ2n) is 2.59. The molecule has 0 unspecified atom stereocenters. The summed E-state index contributed by atoms with van der Waals surface area (Å²) in [5.74, 6) is 0. The smallest absolute Gasteiger partial charge is 0.124 e. The molecule has 2 heterocycles. The fraction of sp³-hybridized carbons (Fsp3) is 0.111. The molecule has 0 saturated heterocycles. The molecular weight excluding hydrogens is 168 g/mol. The number of thiazole rings is 1. The monoisotopic (exact) mass is 176 g/mol. The van der Waals surface area contributed by atoms with Crippen LogP contribution in [0.4, 0.5) is 0 Å². The highest BCUT2D eigenvalue weighted by Crippen LogP contribution is 2.20. The Morgan fingerprint density at radius 2 is 2.25 bits per heavy atom. The van der Waals surface area contributed by atoms with Gasteiger partial charge in [0.15, 0.2) is 0 Å². The Labute approximate surface area is 74.9 Å². The predicted octanol–water partition coefficient (Wildman–Crippen LogP) is 2.51. The number of hydrogen-bond acceptors (Lipinski definition) is 3. The van der Waals surface area contributed by atoms with Crippen LogP contribution in [-0.2, 0) is 0 Å². The van der Waals surface area contributed by atoms with Gasteiger partial charge >= 0.3 is 0 Å². The first-order chi connectivity index (χ1) is 5.86. The largest absolute Gasteiger partial charge is 0.264 e. The number of hydrogen-bond donors (Lipinski definition) is 0. The van der Waals surface area contributed by atoms with Gasteiger partial charge in [0.05, 0.1) is 0 Å². The molecule has 60 valence electrons. The molecule has 0 aliphatic rings.